The van der Waals surface area contributed by atoms with Crippen LogP contribution in [0.25, 0.3) is 0 Å². The Kier molecular flexibility index (Phi) is 7.26. The molecule has 5 nitrogen and oxygen atoms in total. The summed E-state index contributed by atoms with van der Waals surface area (Å²) in [6.45, 7) is 2.66. The van der Waals surface area contributed by atoms with Gasteiger partial charge in [-0.2, -0.15) is 11.3 Å². The van der Waals surface area contributed by atoms with E-state index in [2.05, 4.69) is 15.5 Å². The van der Waals surface area contributed by atoms with Crippen LogP contribution in [-0.4, -0.2) is 48.9 Å². The van der Waals surface area contributed by atoms with Gasteiger partial charge in [0.15, 0.2) is 0 Å². The van der Waals surface area contributed by atoms with Crippen LogP contribution < -0.4 is 10.6 Å². The van der Waals surface area contributed by atoms with Crippen molar-refractivity contribution in [3.8, 4) is 0 Å². The Morgan fingerprint density at radius 2 is 1.89 bits per heavy atom. The van der Waals surface area contributed by atoms with Crippen molar-refractivity contribution in [1.29, 1.82) is 0 Å². The first kappa shape index (κ1) is 19.9. The van der Waals surface area contributed by atoms with E-state index in [-0.39, 0.29) is 17.9 Å². The molecule has 2 N–H and O–H groups in total. The maximum Gasteiger partial charge on any atom is 0.252 e. The summed E-state index contributed by atoms with van der Waals surface area (Å²) in [5.74, 6) is 0.0411. The van der Waals surface area contributed by atoms with E-state index in [0.717, 1.165) is 48.5 Å². The van der Waals surface area contributed by atoms with Crippen LogP contribution in [0.1, 0.15) is 28.8 Å². The van der Waals surface area contributed by atoms with Gasteiger partial charge in [-0.15, -0.1) is 0 Å². The molecular formula is C20H24ClN3O2S. The Morgan fingerprint density at radius 3 is 2.56 bits per heavy atom. The quantitative estimate of drug-likeness (QED) is 0.744. The third-order valence-corrected chi connectivity index (χ3v) is 5.66. The minimum absolute atomic E-state index is 0.00496. The van der Waals surface area contributed by atoms with Crippen LogP contribution >= 0.6 is 22.9 Å². The van der Waals surface area contributed by atoms with Gasteiger partial charge in [-0.25, -0.2) is 0 Å². The largest absolute Gasteiger partial charge is 0.355 e. The lowest BCUT2D eigenvalue weighted by molar-refractivity contribution is -0.122. The number of carbonyl (C=O) groups excluding carboxylic acids is 2. The van der Waals surface area contributed by atoms with Crippen LogP contribution in [0, 0.1) is 0 Å². The Hall–Kier alpha value is -1.89. The lowest BCUT2D eigenvalue weighted by atomic mass is 10.0. The molecule has 1 aromatic carbocycles. The number of thiophene rings is 1. The minimum Gasteiger partial charge on any atom is -0.355 e. The van der Waals surface area contributed by atoms with Crippen molar-refractivity contribution in [3.63, 3.8) is 0 Å². The molecule has 1 saturated heterocycles. The van der Waals surface area contributed by atoms with Crippen LogP contribution in [0.4, 0.5) is 0 Å². The van der Waals surface area contributed by atoms with Crippen molar-refractivity contribution in [1.82, 2.24) is 15.5 Å². The fraction of sp³-hybridized carbons (Fsp3) is 0.400. The minimum atomic E-state index is -0.00496. The zero-order chi connectivity index (χ0) is 19.1. The highest BCUT2D eigenvalue weighted by atomic mass is 35.5. The van der Waals surface area contributed by atoms with Gasteiger partial charge in [-0.1, -0.05) is 23.7 Å². The van der Waals surface area contributed by atoms with Crippen LogP contribution in [-0.2, 0) is 11.2 Å². The van der Waals surface area contributed by atoms with Crippen LogP contribution in [0.5, 0.6) is 0 Å². The second-order valence-electron chi connectivity index (χ2n) is 6.76. The van der Waals surface area contributed by atoms with E-state index in [0.29, 0.717) is 13.1 Å². The molecule has 7 heteroatoms. The number of piperidine rings is 1. The monoisotopic (exact) mass is 405 g/mol. The fourth-order valence-electron chi connectivity index (χ4n) is 3.15. The molecule has 0 aliphatic carbocycles. The molecule has 0 saturated carbocycles. The number of halogens is 1. The summed E-state index contributed by atoms with van der Waals surface area (Å²) in [6, 6.07) is 9.69. The van der Waals surface area contributed by atoms with Crippen molar-refractivity contribution in [2.75, 3.05) is 26.2 Å². The predicted molar refractivity (Wildman–Crippen MR) is 109 cm³/mol. The Balaban J connectivity index is 1.32. The van der Waals surface area contributed by atoms with Gasteiger partial charge in [0.25, 0.3) is 5.91 Å². The van der Waals surface area contributed by atoms with Crippen molar-refractivity contribution >= 4 is 34.8 Å². The fourth-order valence-corrected chi connectivity index (χ4v) is 3.92. The summed E-state index contributed by atoms with van der Waals surface area (Å²) in [5.41, 5.74) is 1.88. The molecule has 0 atom stereocenters. The molecule has 2 heterocycles. The van der Waals surface area contributed by atoms with Gasteiger partial charge in [-0.05, 0) is 48.4 Å². The zero-order valence-electron chi connectivity index (χ0n) is 15.1. The number of nitrogens with zero attached hydrogens (tertiary/aromatic N) is 1. The molecule has 0 spiro atoms. The SMILES string of the molecule is O=C(CN1CCC(NC(=O)c2ccsc2)CC1)NCCc1ccc(Cl)cc1. The predicted octanol–water partition coefficient (Wildman–Crippen LogP) is 2.95. The van der Waals surface area contributed by atoms with Crippen LogP contribution in [0.2, 0.25) is 5.02 Å². The standard InChI is InChI=1S/C20H24ClN3O2S/c21-17-3-1-15(2-4-17)5-9-22-19(25)13-24-10-6-18(7-11-24)23-20(26)16-8-12-27-14-16/h1-4,8,12,14,18H,5-7,9-11,13H2,(H,22,25)(H,23,26). The Morgan fingerprint density at radius 1 is 1.15 bits per heavy atom. The highest BCUT2D eigenvalue weighted by molar-refractivity contribution is 7.08. The summed E-state index contributed by atoms with van der Waals surface area (Å²) in [7, 11) is 0. The number of hydrogen-bond donors (Lipinski definition) is 2. The summed E-state index contributed by atoms with van der Waals surface area (Å²) in [5, 5.41) is 10.5. The molecule has 0 bridgehead atoms. The molecule has 0 radical (unpaired) electrons. The number of likely N-dealkylation sites (tertiary alicyclic amines) is 1. The molecule has 1 fully saturated rings. The highest BCUT2D eigenvalue weighted by Crippen LogP contribution is 2.12. The van der Waals surface area contributed by atoms with Gasteiger partial charge >= 0.3 is 0 Å². The Labute approximate surface area is 168 Å². The van der Waals surface area contributed by atoms with E-state index < -0.39 is 0 Å². The van der Waals surface area contributed by atoms with Crippen molar-refractivity contribution in [3.05, 3.63) is 57.2 Å². The molecule has 3 rings (SSSR count). The van der Waals surface area contributed by atoms with Gasteiger partial charge in [0.05, 0.1) is 6.54 Å². The van der Waals surface area contributed by atoms with Gasteiger partial charge < -0.3 is 10.6 Å². The molecule has 1 aromatic heterocycles. The number of benzene rings is 1. The van der Waals surface area contributed by atoms with E-state index in [4.69, 9.17) is 11.6 Å². The van der Waals surface area contributed by atoms with E-state index in [1.54, 1.807) is 0 Å². The molecule has 1 aliphatic rings. The number of nitrogens with one attached hydrogen (secondary N) is 2. The molecule has 0 unspecified atom stereocenters. The lowest BCUT2D eigenvalue weighted by Crippen LogP contribution is -2.47. The summed E-state index contributed by atoms with van der Waals surface area (Å²) >= 11 is 7.39. The summed E-state index contributed by atoms with van der Waals surface area (Å²) < 4.78 is 0. The van der Waals surface area contributed by atoms with E-state index >= 15 is 0 Å². The zero-order valence-corrected chi connectivity index (χ0v) is 16.7. The first-order chi connectivity index (χ1) is 13.1. The highest BCUT2D eigenvalue weighted by Gasteiger charge is 2.22. The topological polar surface area (TPSA) is 61.4 Å². The molecule has 144 valence electrons. The van der Waals surface area contributed by atoms with E-state index in [9.17, 15) is 9.59 Å². The van der Waals surface area contributed by atoms with Gasteiger partial charge in [-0.3, -0.25) is 14.5 Å². The van der Waals surface area contributed by atoms with Gasteiger partial charge in [0, 0.05) is 41.6 Å². The van der Waals surface area contributed by atoms with Gasteiger partial charge in [0.2, 0.25) is 5.91 Å². The first-order valence-corrected chi connectivity index (χ1v) is 10.5. The summed E-state index contributed by atoms with van der Waals surface area (Å²) in [4.78, 5) is 26.4. The first-order valence-electron chi connectivity index (χ1n) is 9.17. The molecule has 2 amide bonds. The second kappa shape index (κ2) is 9.88. The normalized spacial score (nSPS) is 15.4. The maximum absolute atomic E-state index is 12.1. The average molecular weight is 406 g/mol. The van der Waals surface area contributed by atoms with E-state index in [1.807, 2.05) is 41.1 Å². The smallest absolute Gasteiger partial charge is 0.252 e. The summed E-state index contributed by atoms with van der Waals surface area (Å²) in [6.07, 6.45) is 2.53. The number of rotatable bonds is 7. The van der Waals surface area contributed by atoms with Gasteiger partial charge in [0.1, 0.15) is 0 Å². The number of carbonyl (C=O) groups is 2. The van der Waals surface area contributed by atoms with Crippen molar-refractivity contribution < 1.29 is 9.59 Å². The molecular weight excluding hydrogens is 382 g/mol. The van der Waals surface area contributed by atoms with Crippen molar-refractivity contribution in [2.24, 2.45) is 0 Å². The maximum atomic E-state index is 12.1. The molecule has 1 aliphatic heterocycles. The Bertz CT molecular complexity index is 741. The number of amides is 2. The third-order valence-electron chi connectivity index (χ3n) is 4.72. The van der Waals surface area contributed by atoms with Crippen LogP contribution in [0.15, 0.2) is 41.1 Å². The van der Waals surface area contributed by atoms with Crippen LogP contribution in [0.3, 0.4) is 0 Å². The lowest BCUT2D eigenvalue weighted by Gasteiger charge is -2.31. The average Bonchev–Trinajstić information content (AvgIpc) is 3.20. The molecule has 27 heavy (non-hydrogen) atoms. The number of hydrogen-bond acceptors (Lipinski definition) is 4. The molecule has 2 aromatic rings. The van der Waals surface area contributed by atoms with E-state index in [1.165, 1.54) is 11.3 Å². The van der Waals surface area contributed by atoms with Crippen molar-refractivity contribution in [2.45, 2.75) is 25.3 Å². The second-order valence-corrected chi connectivity index (χ2v) is 7.98. The third kappa shape index (κ3) is 6.34.